The lowest BCUT2D eigenvalue weighted by molar-refractivity contribution is 0.0953. The summed E-state index contributed by atoms with van der Waals surface area (Å²) < 4.78 is 13.6. The Morgan fingerprint density at radius 1 is 0.964 bits per heavy atom. The molecule has 3 rings (SSSR count). The summed E-state index contributed by atoms with van der Waals surface area (Å²) in [5, 5.41) is 5.90. The first kappa shape index (κ1) is 19.5. The molecule has 5 nitrogen and oxygen atoms in total. The van der Waals surface area contributed by atoms with E-state index in [1.807, 2.05) is 0 Å². The number of carbonyl (C=O) groups excluding carboxylic acids is 2. The van der Waals surface area contributed by atoms with E-state index in [-0.39, 0.29) is 29.4 Å². The minimum atomic E-state index is -0.407. The maximum atomic E-state index is 13.6. The van der Waals surface area contributed by atoms with Crippen LogP contribution in [-0.2, 0) is 6.42 Å². The van der Waals surface area contributed by atoms with Crippen LogP contribution >= 0.6 is 11.6 Å². The molecule has 1 heterocycles. The van der Waals surface area contributed by atoms with Crippen molar-refractivity contribution in [2.75, 3.05) is 11.9 Å². The summed E-state index contributed by atoms with van der Waals surface area (Å²) in [7, 11) is 0. The maximum Gasteiger partial charge on any atom is 0.257 e. The van der Waals surface area contributed by atoms with Crippen molar-refractivity contribution < 1.29 is 14.0 Å². The molecule has 0 aliphatic carbocycles. The first-order valence-electron chi connectivity index (χ1n) is 8.56. The van der Waals surface area contributed by atoms with Gasteiger partial charge in [0.1, 0.15) is 5.82 Å². The van der Waals surface area contributed by atoms with Crippen LogP contribution < -0.4 is 10.6 Å². The zero-order valence-corrected chi connectivity index (χ0v) is 15.5. The van der Waals surface area contributed by atoms with Gasteiger partial charge in [0.15, 0.2) is 0 Å². The van der Waals surface area contributed by atoms with Crippen LogP contribution in [0, 0.1) is 5.82 Å². The maximum absolute atomic E-state index is 13.6. The molecule has 28 heavy (non-hydrogen) atoms. The fraction of sp³-hybridized carbons (Fsp3) is 0.0952. The van der Waals surface area contributed by atoms with E-state index in [1.54, 1.807) is 42.5 Å². The van der Waals surface area contributed by atoms with Crippen LogP contribution in [0.3, 0.4) is 0 Å². The van der Waals surface area contributed by atoms with E-state index in [9.17, 15) is 14.0 Å². The van der Waals surface area contributed by atoms with Crippen LogP contribution in [0.1, 0.15) is 26.3 Å². The number of pyridine rings is 1. The van der Waals surface area contributed by atoms with E-state index in [1.165, 1.54) is 24.5 Å². The van der Waals surface area contributed by atoms with Crippen LogP contribution in [0.4, 0.5) is 10.1 Å². The lowest BCUT2D eigenvalue weighted by atomic mass is 10.1. The predicted octanol–water partition coefficient (Wildman–Crippen LogP) is 4.10. The number of benzene rings is 2. The Kier molecular flexibility index (Phi) is 6.34. The molecular weight excluding hydrogens is 381 g/mol. The van der Waals surface area contributed by atoms with Crippen molar-refractivity contribution in [1.82, 2.24) is 10.3 Å². The molecule has 3 aromatic rings. The van der Waals surface area contributed by atoms with Crippen LogP contribution in [0.2, 0.25) is 5.02 Å². The Bertz CT molecular complexity index is 1010. The van der Waals surface area contributed by atoms with E-state index in [2.05, 4.69) is 15.6 Å². The van der Waals surface area contributed by atoms with Crippen molar-refractivity contribution in [2.45, 2.75) is 6.42 Å². The third-order valence-electron chi connectivity index (χ3n) is 3.98. The number of hydrogen-bond acceptors (Lipinski definition) is 3. The largest absolute Gasteiger partial charge is 0.352 e. The SMILES string of the molecule is O=C(NCCc1ccccc1F)c1cncc(C(=O)Nc2cccc(Cl)c2)c1. The number of rotatable bonds is 6. The minimum Gasteiger partial charge on any atom is -0.352 e. The Labute approximate surface area is 166 Å². The molecule has 7 heteroatoms. The molecule has 0 fully saturated rings. The number of hydrogen-bond donors (Lipinski definition) is 2. The number of carbonyl (C=O) groups is 2. The smallest absolute Gasteiger partial charge is 0.257 e. The second-order valence-electron chi connectivity index (χ2n) is 6.02. The van der Waals surface area contributed by atoms with Crippen LogP contribution in [0.5, 0.6) is 0 Å². The molecule has 0 aliphatic rings. The Hall–Kier alpha value is -3.25. The average molecular weight is 398 g/mol. The molecule has 2 N–H and O–H groups in total. The molecule has 0 saturated carbocycles. The average Bonchev–Trinajstić information content (AvgIpc) is 2.69. The third kappa shape index (κ3) is 5.14. The van der Waals surface area contributed by atoms with E-state index in [0.29, 0.717) is 22.7 Å². The highest BCUT2D eigenvalue weighted by atomic mass is 35.5. The van der Waals surface area contributed by atoms with Gasteiger partial charge < -0.3 is 10.6 Å². The van der Waals surface area contributed by atoms with Gasteiger partial charge in [0.2, 0.25) is 0 Å². The summed E-state index contributed by atoms with van der Waals surface area (Å²) in [5.74, 6) is -1.10. The van der Waals surface area contributed by atoms with Gasteiger partial charge in [0, 0.05) is 29.6 Å². The predicted molar refractivity (Wildman–Crippen MR) is 106 cm³/mol. The summed E-state index contributed by atoms with van der Waals surface area (Å²) >= 11 is 5.90. The standard InChI is InChI=1S/C21H17ClFN3O2/c22-17-5-3-6-18(11-17)26-21(28)16-10-15(12-24-13-16)20(27)25-9-8-14-4-1-2-7-19(14)23/h1-7,10-13H,8-9H2,(H,25,27)(H,26,28). The zero-order valence-electron chi connectivity index (χ0n) is 14.8. The molecule has 0 radical (unpaired) electrons. The van der Waals surface area contributed by atoms with Gasteiger partial charge in [-0.1, -0.05) is 35.9 Å². The summed E-state index contributed by atoms with van der Waals surface area (Å²) in [4.78, 5) is 28.6. The number of amides is 2. The van der Waals surface area contributed by atoms with Crippen molar-refractivity contribution in [2.24, 2.45) is 0 Å². The summed E-state index contributed by atoms with van der Waals surface area (Å²) in [6.07, 6.45) is 3.10. The van der Waals surface area contributed by atoms with Gasteiger partial charge in [-0.3, -0.25) is 14.6 Å². The molecule has 0 saturated heterocycles. The number of halogens is 2. The summed E-state index contributed by atoms with van der Waals surface area (Å²) in [5.41, 5.74) is 1.54. The number of nitrogens with zero attached hydrogens (tertiary/aromatic N) is 1. The first-order chi connectivity index (χ1) is 13.5. The van der Waals surface area contributed by atoms with E-state index >= 15 is 0 Å². The van der Waals surface area contributed by atoms with E-state index in [0.717, 1.165) is 0 Å². The van der Waals surface area contributed by atoms with E-state index < -0.39 is 5.91 Å². The number of nitrogens with one attached hydrogen (secondary N) is 2. The quantitative estimate of drug-likeness (QED) is 0.657. The molecule has 142 valence electrons. The lowest BCUT2D eigenvalue weighted by Crippen LogP contribution is -2.26. The van der Waals surface area contributed by atoms with Gasteiger partial charge in [-0.25, -0.2) is 4.39 Å². The van der Waals surface area contributed by atoms with Gasteiger partial charge >= 0.3 is 0 Å². The monoisotopic (exact) mass is 397 g/mol. The van der Waals surface area contributed by atoms with Crippen LogP contribution in [0.25, 0.3) is 0 Å². The van der Waals surface area contributed by atoms with Crippen molar-refractivity contribution in [3.05, 3.63) is 94.5 Å². The Balaban J connectivity index is 1.61. The third-order valence-corrected chi connectivity index (χ3v) is 4.22. The Morgan fingerprint density at radius 2 is 1.71 bits per heavy atom. The highest BCUT2D eigenvalue weighted by molar-refractivity contribution is 6.31. The molecule has 2 amide bonds. The van der Waals surface area contributed by atoms with Gasteiger partial charge in [0.25, 0.3) is 11.8 Å². The summed E-state index contributed by atoms with van der Waals surface area (Å²) in [6, 6.07) is 14.6. The second kappa shape index (κ2) is 9.10. The normalized spacial score (nSPS) is 10.4. The second-order valence-corrected chi connectivity index (χ2v) is 6.46. The van der Waals surface area contributed by atoms with Gasteiger partial charge in [-0.2, -0.15) is 0 Å². The van der Waals surface area contributed by atoms with Gasteiger partial charge in [0.05, 0.1) is 11.1 Å². The minimum absolute atomic E-state index is 0.238. The highest BCUT2D eigenvalue weighted by Crippen LogP contribution is 2.16. The molecular formula is C21H17ClFN3O2. The topological polar surface area (TPSA) is 71.1 Å². The first-order valence-corrected chi connectivity index (χ1v) is 8.94. The molecule has 0 atom stereocenters. The molecule has 0 unspecified atom stereocenters. The molecule has 1 aromatic heterocycles. The van der Waals surface area contributed by atoms with Crippen molar-refractivity contribution in [3.63, 3.8) is 0 Å². The van der Waals surface area contributed by atoms with Crippen LogP contribution in [0.15, 0.2) is 67.0 Å². The Morgan fingerprint density at radius 3 is 2.46 bits per heavy atom. The fourth-order valence-electron chi connectivity index (χ4n) is 2.57. The summed E-state index contributed by atoms with van der Waals surface area (Å²) in [6.45, 7) is 0.263. The molecule has 0 spiro atoms. The molecule has 2 aromatic carbocycles. The van der Waals surface area contributed by atoms with Gasteiger partial charge in [-0.15, -0.1) is 0 Å². The zero-order chi connectivity index (χ0) is 19.9. The van der Waals surface area contributed by atoms with Crippen LogP contribution in [-0.4, -0.2) is 23.3 Å². The number of anilines is 1. The molecule has 0 aliphatic heterocycles. The van der Waals surface area contributed by atoms with Crippen molar-refractivity contribution in [1.29, 1.82) is 0 Å². The fourth-order valence-corrected chi connectivity index (χ4v) is 2.76. The van der Waals surface area contributed by atoms with Crippen molar-refractivity contribution in [3.8, 4) is 0 Å². The van der Waals surface area contributed by atoms with Crippen molar-refractivity contribution >= 4 is 29.1 Å². The number of aromatic nitrogens is 1. The lowest BCUT2D eigenvalue weighted by Gasteiger charge is -2.08. The van der Waals surface area contributed by atoms with Gasteiger partial charge in [-0.05, 0) is 42.3 Å². The highest BCUT2D eigenvalue weighted by Gasteiger charge is 2.12. The van der Waals surface area contributed by atoms with E-state index in [4.69, 9.17) is 11.6 Å². The molecule has 0 bridgehead atoms.